The Kier molecular flexibility index (Phi) is 4.32. The first kappa shape index (κ1) is 14.6. The summed E-state index contributed by atoms with van der Waals surface area (Å²) in [5.74, 6) is 0.197. The van der Waals surface area contributed by atoms with E-state index in [1.165, 1.54) is 6.26 Å². The fourth-order valence-corrected chi connectivity index (χ4v) is 2.68. The standard InChI is InChI=1S/C13H18BrNO4/c1-13(2)8-15(6-9(19-13)7-17-3)12(16)11-10(14)4-5-18-11/h4-5,9H,6-8H2,1-3H3/t9-/m1/s1. The summed E-state index contributed by atoms with van der Waals surface area (Å²) in [4.78, 5) is 14.2. The lowest BCUT2D eigenvalue weighted by Crippen LogP contribution is -2.55. The van der Waals surface area contributed by atoms with Crippen LogP contribution < -0.4 is 0 Å². The van der Waals surface area contributed by atoms with E-state index in [0.29, 0.717) is 29.9 Å². The minimum Gasteiger partial charge on any atom is -0.458 e. The molecule has 1 fully saturated rings. The second kappa shape index (κ2) is 5.64. The maximum Gasteiger partial charge on any atom is 0.290 e. The van der Waals surface area contributed by atoms with Gasteiger partial charge >= 0.3 is 0 Å². The highest BCUT2D eigenvalue weighted by Gasteiger charge is 2.37. The second-order valence-electron chi connectivity index (χ2n) is 5.24. The highest BCUT2D eigenvalue weighted by atomic mass is 79.9. The Hall–Kier alpha value is -0.850. The van der Waals surface area contributed by atoms with Gasteiger partial charge in [0.25, 0.3) is 5.91 Å². The molecule has 1 aromatic heterocycles. The molecule has 5 nitrogen and oxygen atoms in total. The molecule has 6 heteroatoms. The normalized spacial score (nSPS) is 22.5. The molecule has 1 saturated heterocycles. The van der Waals surface area contributed by atoms with Gasteiger partial charge in [0, 0.05) is 20.2 Å². The first-order valence-corrected chi connectivity index (χ1v) is 6.91. The van der Waals surface area contributed by atoms with Crippen LogP contribution in [0.2, 0.25) is 0 Å². The lowest BCUT2D eigenvalue weighted by molar-refractivity contribution is -0.143. The Morgan fingerprint density at radius 1 is 1.63 bits per heavy atom. The number of nitrogens with zero attached hydrogens (tertiary/aromatic N) is 1. The number of ether oxygens (including phenoxy) is 2. The second-order valence-corrected chi connectivity index (χ2v) is 6.09. The zero-order valence-corrected chi connectivity index (χ0v) is 12.9. The molecular weight excluding hydrogens is 314 g/mol. The Morgan fingerprint density at radius 2 is 2.37 bits per heavy atom. The van der Waals surface area contributed by atoms with Crippen molar-refractivity contribution < 1.29 is 18.7 Å². The van der Waals surface area contributed by atoms with E-state index in [2.05, 4.69) is 15.9 Å². The first-order chi connectivity index (χ1) is 8.93. The average molecular weight is 332 g/mol. The number of amides is 1. The van der Waals surface area contributed by atoms with Crippen LogP contribution in [0.4, 0.5) is 0 Å². The number of hydrogen-bond acceptors (Lipinski definition) is 4. The summed E-state index contributed by atoms with van der Waals surface area (Å²) < 4.78 is 16.9. The summed E-state index contributed by atoms with van der Waals surface area (Å²) in [6, 6.07) is 1.71. The maximum absolute atomic E-state index is 12.4. The van der Waals surface area contributed by atoms with Gasteiger partial charge in [0.15, 0.2) is 0 Å². The van der Waals surface area contributed by atoms with Crippen LogP contribution in [0.1, 0.15) is 24.4 Å². The van der Waals surface area contributed by atoms with Crippen molar-refractivity contribution in [3.8, 4) is 0 Å². The summed E-state index contributed by atoms with van der Waals surface area (Å²) in [7, 11) is 1.63. The van der Waals surface area contributed by atoms with Gasteiger partial charge in [-0.3, -0.25) is 4.79 Å². The summed E-state index contributed by atoms with van der Waals surface area (Å²) in [6.07, 6.45) is 1.38. The minimum absolute atomic E-state index is 0.119. The number of furan rings is 1. The molecule has 2 heterocycles. The Balaban J connectivity index is 2.15. The molecule has 1 aliphatic heterocycles. The van der Waals surface area contributed by atoms with Crippen molar-refractivity contribution in [1.29, 1.82) is 0 Å². The number of hydrogen-bond donors (Lipinski definition) is 0. The fraction of sp³-hybridized carbons (Fsp3) is 0.615. The SMILES string of the molecule is COC[C@H]1CN(C(=O)c2occc2Br)CC(C)(C)O1. The fourth-order valence-electron chi connectivity index (χ4n) is 2.31. The molecule has 1 aromatic rings. The van der Waals surface area contributed by atoms with Crippen molar-refractivity contribution >= 4 is 21.8 Å². The number of methoxy groups -OCH3 is 1. The van der Waals surface area contributed by atoms with Crippen molar-refractivity contribution in [3.05, 3.63) is 22.6 Å². The van der Waals surface area contributed by atoms with Crippen molar-refractivity contribution in [1.82, 2.24) is 4.90 Å². The third-order valence-corrected chi connectivity index (χ3v) is 3.56. The largest absolute Gasteiger partial charge is 0.458 e. The molecule has 0 bridgehead atoms. The van der Waals surface area contributed by atoms with E-state index in [1.807, 2.05) is 13.8 Å². The molecule has 0 unspecified atom stereocenters. The number of carbonyl (C=O) groups is 1. The van der Waals surface area contributed by atoms with Crippen molar-refractivity contribution in [2.75, 3.05) is 26.8 Å². The summed E-state index contributed by atoms with van der Waals surface area (Å²) in [5, 5.41) is 0. The number of halogens is 1. The van der Waals surface area contributed by atoms with Crippen LogP contribution in [0.25, 0.3) is 0 Å². The Labute approximate surface area is 121 Å². The quantitative estimate of drug-likeness (QED) is 0.852. The van der Waals surface area contributed by atoms with Crippen LogP contribution in [0.15, 0.2) is 21.2 Å². The van der Waals surface area contributed by atoms with Gasteiger partial charge in [0.2, 0.25) is 5.76 Å². The summed E-state index contributed by atoms with van der Waals surface area (Å²) in [5.41, 5.74) is -0.393. The van der Waals surface area contributed by atoms with Crippen LogP contribution in [-0.4, -0.2) is 49.3 Å². The van der Waals surface area contributed by atoms with Gasteiger partial charge in [-0.05, 0) is 35.8 Å². The van der Waals surface area contributed by atoms with E-state index in [9.17, 15) is 4.79 Å². The van der Waals surface area contributed by atoms with Crippen molar-refractivity contribution in [2.45, 2.75) is 25.6 Å². The number of rotatable bonds is 3. The monoisotopic (exact) mass is 331 g/mol. The summed E-state index contributed by atoms with van der Waals surface area (Å²) >= 11 is 3.31. The molecular formula is C13H18BrNO4. The number of carbonyl (C=O) groups excluding carboxylic acids is 1. The third kappa shape index (κ3) is 3.38. The molecule has 0 radical (unpaired) electrons. The highest BCUT2D eigenvalue weighted by Crippen LogP contribution is 2.25. The average Bonchev–Trinajstić information content (AvgIpc) is 2.73. The van der Waals surface area contributed by atoms with Crippen LogP contribution in [0.5, 0.6) is 0 Å². The van der Waals surface area contributed by atoms with E-state index >= 15 is 0 Å². The van der Waals surface area contributed by atoms with E-state index in [-0.39, 0.29) is 12.0 Å². The zero-order valence-electron chi connectivity index (χ0n) is 11.3. The van der Waals surface area contributed by atoms with Crippen LogP contribution >= 0.6 is 15.9 Å². The Morgan fingerprint density at radius 3 is 2.95 bits per heavy atom. The maximum atomic E-state index is 12.4. The van der Waals surface area contributed by atoms with E-state index < -0.39 is 5.60 Å². The molecule has 19 heavy (non-hydrogen) atoms. The predicted octanol–water partition coefficient (Wildman–Crippen LogP) is 2.31. The smallest absolute Gasteiger partial charge is 0.290 e. The molecule has 1 aliphatic rings. The van der Waals surface area contributed by atoms with Gasteiger partial charge in [-0.1, -0.05) is 0 Å². The minimum atomic E-state index is -0.393. The Bertz CT molecular complexity index is 457. The predicted molar refractivity (Wildman–Crippen MR) is 73.1 cm³/mol. The molecule has 0 aromatic carbocycles. The molecule has 2 rings (SSSR count). The third-order valence-electron chi connectivity index (χ3n) is 2.93. The molecule has 106 valence electrons. The van der Waals surface area contributed by atoms with Gasteiger partial charge in [0.05, 0.1) is 29.0 Å². The lowest BCUT2D eigenvalue weighted by Gasteiger charge is -2.42. The number of morpholine rings is 1. The molecule has 0 saturated carbocycles. The van der Waals surface area contributed by atoms with E-state index in [0.717, 1.165) is 0 Å². The summed E-state index contributed by atoms with van der Waals surface area (Å²) in [6.45, 7) is 5.42. The molecule has 0 aliphatic carbocycles. The highest BCUT2D eigenvalue weighted by molar-refractivity contribution is 9.10. The van der Waals surface area contributed by atoms with E-state index in [1.54, 1.807) is 18.1 Å². The van der Waals surface area contributed by atoms with E-state index in [4.69, 9.17) is 13.9 Å². The van der Waals surface area contributed by atoms with Crippen LogP contribution in [0.3, 0.4) is 0 Å². The van der Waals surface area contributed by atoms with Gasteiger partial charge in [-0.15, -0.1) is 0 Å². The van der Waals surface area contributed by atoms with Gasteiger partial charge in [-0.25, -0.2) is 0 Å². The lowest BCUT2D eigenvalue weighted by atomic mass is 10.0. The van der Waals surface area contributed by atoms with Gasteiger partial charge in [-0.2, -0.15) is 0 Å². The van der Waals surface area contributed by atoms with Crippen LogP contribution in [-0.2, 0) is 9.47 Å². The first-order valence-electron chi connectivity index (χ1n) is 6.12. The van der Waals surface area contributed by atoms with Gasteiger partial charge < -0.3 is 18.8 Å². The topological polar surface area (TPSA) is 51.9 Å². The van der Waals surface area contributed by atoms with Crippen molar-refractivity contribution in [2.24, 2.45) is 0 Å². The zero-order chi connectivity index (χ0) is 14.0. The van der Waals surface area contributed by atoms with Gasteiger partial charge in [0.1, 0.15) is 0 Å². The molecule has 0 spiro atoms. The van der Waals surface area contributed by atoms with Crippen molar-refractivity contribution in [3.63, 3.8) is 0 Å². The molecule has 1 amide bonds. The molecule has 1 atom stereocenters. The molecule has 0 N–H and O–H groups in total. The van der Waals surface area contributed by atoms with Crippen LogP contribution in [0, 0.1) is 0 Å².